The third-order valence-electron chi connectivity index (χ3n) is 4.48. The van der Waals surface area contributed by atoms with Gasteiger partial charge in [0.1, 0.15) is 17.3 Å². The third-order valence-corrected chi connectivity index (χ3v) is 4.48. The first-order chi connectivity index (χ1) is 12.1. The number of nitrogens with one attached hydrogen (secondary N) is 1. The van der Waals surface area contributed by atoms with Crippen molar-refractivity contribution in [3.8, 4) is 0 Å². The second-order valence-electron chi connectivity index (χ2n) is 6.43. The van der Waals surface area contributed by atoms with Gasteiger partial charge in [-0.2, -0.15) is 0 Å². The summed E-state index contributed by atoms with van der Waals surface area (Å²) in [5, 5.41) is 3.04. The molecule has 25 heavy (non-hydrogen) atoms. The second-order valence-corrected chi connectivity index (χ2v) is 6.43. The van der Waals surface area contributed by atoms with Crippen LogP contribution in [0.1, 0.15) is 30.4 Å². The molecule has 1 N–H and O–H groups in total. The normalized spacial score (nSPS) is 15.9. The Labute approximate surface area is 148 Å². The Bertz CT molecular complexity index is 682. The minimum Gasteiger partial charge on any atom is -0.465 e. The van der Waals surface area contributed by atoms with Crippen molar-refractivity contribution in [1.82, 2.24) is 20.2 Å². The molecular formula is C18H25N5O2. The van der Waals surface area contributed by atoms with E-state index in [4.69, 9.17) is 4.42 Å². The summed E-state index contributed by atoms with van der Waals surface area (Å²) in [5.41, 5.74) is 0. The van der Waals surface area contributed by atoms with E-state index in [1.165, 1.54) is 12.8 Å². The summed E-state index contributed by atoms with van der Waals surface area (Å²) in [7, 11) is 1.83. The van der Waals surface area contributed by atoms with Crippen molar-refractivity contribution in [1.29, 1.82) is 0 Å². The van der Waals surface area contributed by atoms with Gasteiger partial charge in [-0.25, -0.2) is 4.98 Å². The fraction of sp³-hybridized carbons (Fsp3) is 0.500. The average Bonchev–Trinajstić information content (AvgIpc) is 3.28. The molecule has 0 spiro atoms. The zero-order chi connectivity index (χ0) is 17.6. The molecule has 0 radical (unpaired) electrons. The minimum absolute atomic E-state index is 0.0411. The number of aryl methyl sites for hydroxylation is 1. The highest BCUT2D eigenvalue weighted by Gasteiger charge is 2.26. The summed E-state index contributed by atoms with van der Waals surface area (Å²) in [6.07, 6.45) is 7.26. The molecule has 0 aliphatic carbocycles. The number of amides is 1. The molecule has 1 fully saturated rings. The molecule has 7 nitrogen and oxygen atoms in total. The van der Waals surface area contributed by atoms with Gasteiger partial charge in [0.15, 0.2) is 0 Å². The summed E-state index contributed by atoms with van der Waals surface area (Å²) in [5.74, 6) is 2.45. The number of carbonyl (C=O) groups excluding carboxylic acids is 1. The lowest BCUT2D eigenvalue weighted by Crippen LogP contribution is -2.41. The van der Waals surface area contributed by atoms with E-state index in [0.717, 1.165) is 24.6 Å². The molecule has 134 valence electrons. The fourth-order valence-electron chi connectivity index (χ4n) is 3.15. The maximum atomic E-state index is 12.3. The van der Waals surface area contributed by atoms with Crippen LogP contribution in [0.15, 0.2) is 35.1 Å². The van der Waals surface area contributed by atoms with Crippen LogP contribution in [0.3, 0.4) is 0 Å². The number of aromatic nitrogens is 2. The van der Waals surface area contributed by atoms with Gasteiger partial charge in [-0.15, -0.1) is 0 Å². The number of likely N-dealkylation sites (tertiary alicyclic amines) is 1. The van der Waals surface area contributed by atoms with Crippen LogP contribution >= 0.6 is 0 Å². The number of rotatable bonds is 7. The summed E-state index contributed by atoms with van der Waals surface area (Å²) in [4.78, 5) is 24.7. The fourth-order valence-corrected chi connectivity index (χ4v) is 3.15. The van der Waals surface area contributed by atoms with Crippen LogP contribution in [0.5, 0.6) is 0 Å². The first-order valence-corrected chi connectivity index (χ1v) is 8.68. The van der Waals surface area contributed by atoms with E-state index in [1.807, 2.05) is 26.1 Å². The monoisotopic (exact) mass is 343 g/mol. The largest absolute Gasteiger partial charge is 0.465 e. The average molecular weight is 343 g/mol. The quantitative estimate of drug-likeness (QED) is 0.826. The predicted octanol–water partition coefficient (Wildman–Crippen LogP) is 1.77. The number of nitrogens with zero attached hydrogens (tertiary/aromatic N) is 4. The molecule has 3 rings (SSSR count). The third kappa shape index (κ3) is 4.57. The zero-order valence-corrected chi connectivity index (χ0v) is 14.8. The molecule has 1 atom stereocenters. The molecule has 0 saturated carbocycles. The smallest absolute Gasteiger partial charge is 0.239 e. The van der Waals surface area contributed by atoms with Crippen LogP contribution in [0.4, 0.5) is 5.82 Å². The lowest BCUT2D eigenvalue weighted by Gasteiger charge is -2.26. The highest BCUT2D eigenvalue weighted by molar-refractivity contribution is 5.80. The van der Waals surface area contributed by atoms with Gasteiger partial charge >= 0.3 is 0 Å². The first kappa shape index (κ1) is 17.4. The standard InChI is InChI=1S/C18H25N5O2/c1-14-5-6-16(25-14)15(23-9-3-4-10-23)11-21-18(24)13-22(2)17-12-19-7-8-20-17/h5-8,12,15H,3-4,9-11,13H2,1-2H3,(H,21,24). The molecule has 1 aliphatic heterocycles. The number of hydrogen-bond acceptors (Lipinski definition) is 6. The molecule has 0 aromatic carbocycles. The van der Waals surface area contributed by atoms with E-state index in [9.17, 15) is 4.79 Å². The molecule has 2 aromatic heterocycles. The Kier molecular flexibility index (Phi) is 5.65. The molecule has 3 heterocycles. The SMILES string of the molecule is Cc1ccc(C(CNC(=O)CN(C)c2cnccn2)N2CCCC2)o1. The Balaban J connectivity index is 1.58. The number of carbonyl (C=O) groups is 1. The summed E-state index contributed by atoms with van der Waals surface area (Å²) >= 11 is 0. The Morgan fingerprint density at radius 2 is 2.16 bits per heavy atom. The molecule has 1 amide bonds. The Morgan fingerprint density at radius 3 is 2.80 bits per heavy atom. The van der Waals surface area contributed by atoms with Crippen molar-refractivity contribution < 1.29 is 9.21 Å². The van der Waals surface area contributed by atoms with Gasteiger partial charge in [-0.1, -0.05) is 0 Å². The van der Waals surface area contributed by atoms with E-state index in [0.29, 0.717) is 12.4 Å². The van der Waals surface area contributed by atoms with E-state index in [2.05, 4.69) is 20.2 Å². The van der Waals surface area contributed by atoms with E-state index in [1.54, 1.807) is 23.5 Å². The molecule has 1 saturated heterocycles. The first-order valence-electron chi connectivity index (χ1n) is 8.68. The molecular weight excluding hydrogens is 318 g/mol. The van der Waals surface area contributed by atoms with Crippen LogP contribution in [-0.4, -0.2) is 54.0 Å². The Morgan fingerprint density at radius 1 is 1.36 bits per heavy atom. The number of furan rings is 1. The van der Waals surface area contributed by atoms with Crippen molar-refractivity contribution in [3.05, 3.63) is 42.2 Å². The highest BCUT2D eigenvalue weighted by Crippen LogP contribution is 2.26. The van der Waals surface area contributed by atoms with Gasteiger partial charge in [0.05, 0.1) is 18.8 Å². The summed E-state index contributed by atoms with van der Waals surface area (Å²) < 4.78 is 5.82. The second kappa shape index (κ2) is 8.11. The van der Waals surface area contributed by atoms with Gasteiger partial charge in [0.25, 0.3) is 0 Å². The van der Waals surface area contributed by atoms with Crippen LogP contribution in [0.25, 0.3) is 0 Å². The minimum atomic E-state index is -0.0411. The zero-order valence-electron chi connectivity index (χ0n) is 14.8. The molecule has 2 aromatic rings. The van der Waals surface area contributed by atoms with Crippen LogP contribution < -0.4 is 10.2 Å². The maximum absolute atomic E-state index is 12.3. The lowest BCUT2D eigenvalue weighted by atomic mass is 10.2. The van der Waals surface area contributed by atoms with E-state index >= 15 is 0 Å². The van der Waals surface area contributed by atoms with E-state index < -0.39 is 0 Å². The number of hydrogen-bond donors (Lipinski definition) is 1. The predicted molar refractivity (Wildman–Crippen MR) is 95.3 cm³/mol. The van der Waals surface area contributed by atoms with Crippen LogP contribution in [-0.2, 0) is 4.79 Å². The van der Waals surface area contributed by atoms with Crippen molar-refractivity contribution >= 4 is 11.7 Å². The lowest BCUT2D eigenvalue weighted by molar-refractivity contribution is -0.120. The van der Waals surface area contributed by atoms with Crippen molar-refractivity contribution in [3.63, 3.8) is 0 Å². The van der Waals surface area contributed by atoms with Crippen molar-refractivity contribution in [2.75, 3.05) is 38.1 Å². The number of likely N-dealkylation sites (N-methyl/N-ethyl adjacent to an activating group) is 1. The van der Waals surface area contributed by atoms with Gasteiger partial charge in [0, 0.05) is 26.0 Å². The topological polar surface area (TPSA) is 74.5 Å². The molecule has 1 aliphatic rings. The van der Waals surface area contributed by atoms with E-state index in [-0.39, 0.29) is 18.5 Å². The number of anilines is 1. The van der Waals surface area contributed by atoms with Gasteiger partial charge in [-0.3, -0.25) is 14.7 Å². The summed E-state index contributed by atoms with van der Waals surface area (Å²) in [6, 6.07) is 4.07. The van der Waals surface area contributed by atoms with Gasteiger partial charge in [0.2, 0.25) is 5.91 Å². The van der Waals surface area contributed by atoms with Crippen molar-refractivity contribution in [2.45, 2.75) is 25.8 Å². The van der Waals surface area contributed by atoms with Gasteiger partial charge < -0.3 is 14.6 Å². The maximum Gasteiger partial charge on any atom is 0.239 e. The molecule has 7 heteroatoms. The Hall–Kier alpha value is -2.41. The summed E-state index contributed by atoms with van der Waals surface area (Å²) in [6.45, 7) is 4.81. The molecule has 1 unspecified atom stereocenters. The highest BCUT2D eigenvalue weighted by atomic mass is 16.3. The van der Waals surface area contributed by atoms with Gasteiger partial charge in [-0.05, 0) is 45.0 Å². The van der Waals surface area contributed by atoms with Crippen molar-refractivity contribution in [2.24, 2.45) is 0 Å². The van der Waals surface area contributed by atoms with Crippen LogP contribution in [0.2, 0.25) is 0 Å². The van der Waals surface area contributed by atoms with Crippen LogP contribution in [0, 0.1) is 6.92 Å². The molecule has 0 bridgehead atoms.